The molecule has 4 aliphatic carbocycles. The average molecular weight is 371 g/mol. The number of halogens is 1. The Bertz CT molecular complexity index is 813. The minimum absolute atomic E-state index is 0.0313. The van der Waals surface area contributed by atoms with Crippen LogP contribution < -0.4 is 4.90 Å². The molecule has 1 heterocycles. The molecule has 0 N–H and O–H groups in total. The van der Waals surface area contributed by atoms with Crippen LogP contribution in [0.3, 0.4) is 0 Å². The fourth-order valence-corrected chi connectivity index (χ4v) is 5.41. The molecular weight excluding hydrogens is 352 g/mol. The van der Waals surface area contributed by atoms with Gasteiger partial charge in [0.15, 0.2) is 0 Å². The largest absolute Gasteiger partial charge is 0.294 e. The lowest BCUT2D eigenvalue weighted by atomic mass is 9.63. The van der Waals surface area contributed by atoms with Crippen molar-refractivity contribution in [3.8, 4) is 0 Å². The summed E-state index contributed by atoms with van der Waals surface area (Å²) in [7, 11) is 0. The summed E-state index contributed by atoms with van der Waals surface area (Å²) in [5.41, 5.74) is 0.626. The summed E-state index contributed by atoms with van der Waals surface area (Å²) in [5.74, 6) is 0.601. The zero-order valence-electron chi connectivity index (χ0n) is 14.3. The van der Waals surface area contributed by atoms with Crippen molar-refractivity contribution in [1.82, 2.24) is 4.90 Å². The van der Waals surface area contributed by atoms with E-state index >= 15 is 0 Å². The molecule has 6 atom stereocenters. The van der Waals surface area contributed by atoms with E-state index in [1.165, 1.54) is 16.7 Å². The van der Waals surface area contributed by atoms with Crippen LogP contribution in [0, 0.1) is 35.5 Å². The molecule has 0 unspecified atom stereocenters. The molecule has 3 amide bonds. The molecule has 6 heteroatoms. The van der Waals surface area contributed by atoms with E-state index in [2.05, 4.69) is 12.2 Å². The summed E-state index contributed by atoms with van der Waals surface area (Å²) in [6.45, 7) is 1.41. The van der Waals surface area contributed by atoms with E-state index in [0.717, 1.165) is 6.42 Å². The summed E-state index contributed by atoms with van der Waals surface area (Å²) in [6, 6.07) is 6.83. The van der Waals surface area contributed by atoms with Crippen molar-refractivity contribution in [1.29, 1.82) is 0 Å². The van der Waals surface area contributed by atoms with E-state index in [0.29, 0.717) is 22.5 Å². The Hall–Kier alpha value is -2.14. The van der Waals surface area contributed by atoms with Crippen LogP contribution in [0.15, 0.2) is 36.4 Å². The Morgan fingerprint density at radius 2 is 1.62 bits per heavy atom. The van der Waals surface area contributed by atoms with Crippen LogP contribution in [0.1, 0.15) is 13.3 Å². The lowest BCUT2D eigenvalue weighted by Crippen LogP contribution is -2.44. The first kappa shape index (κ1) is 16.1. The fourth-order valence-electron chi connectivity index (χ4n) is 5.28. The zero-order valence-corrected chi connectivity index (χ0v) is 15.1. The standard InChI is InChI=1S/C20H19ClN2O3/c1-10(24)22(12-4-2-11(21)3-5-12)9-23-19(25)17-13-6-7-14(16-8-15(13)16)18(17)20(23)26/h2-7,13-18H,8-9H2,1H3/t13-,14-,15-,16+,17-,18-/m1/s1. The highest BCUT2D eigenvalue weighted by Gasteiger charge is 2.67. The topological polar surface area (TPSA) is 57.7 Å². The number of imide groups is 1. The van der Waals surface area contributed by atoms with Crippen molar-refractivity contribution >= 4 is 35.0 Å². The smallest absolute Gasteiger partial charge is 0.235 e. The SMILES string of the molecule is CC(=O)N(CN1C(=O)[C@@H]2[C@@H]3C=C[C@H]([C@@H]4C[C@H]34)[C@H]2C1=O)c1ccc(Cl)cc1. The van der Waals surface area contributed by atoms with Gasteiger partial charge in [0.2, 0.25) is 17.7 Å². The summed E-state index contributed by atoms with van der Waals surface area (Å²) in [6.07, 6.45) is 5.44. The average Bonchev–Trinajstić information content (AvgIpc) is 3.40. The van der Waals surface area contributed by atoms with E-state index in [-0.39, 0.29) is 48.1 Å². The molecule has 1 aromatic carbocycles. The Morgan fingerprint density at radius 1 is 1.08 bits per heavy atom. The van der Waals surface area contributed by atoms with Crippen molar-refractivity contribution in [2.75, 3.05) is 11.6 Å². The molecule has 0 aromatic heterocycles. The number of likely N-dealkylation sites (tertiary alicyclic amines) is 1. The second kappa shape index (κ2) is 5.43. The van der Waals surface area contributed by atoms with Gasteiger partial charge in [-0.2, -0.15) is 0 Å². The lowest BCUT2D eigenvalue weighted by molar-refractivity contribution is -0.140. The number of rotatable bonds is 3. The third-order valence-electron chi connectivity index (χ3n) is 6.56. The Balaban J connectivity index is 1.44. The first-order valence-corrected chi connectivity index (χ1v) is 9.42. The summed E-state index contributed by atoms with van der Waals surface area (Å²) < 4.78 is 0. The van der Waals surface area contributed by atoms with Gasteiger partial charge in [-0.05, 0) is 54.4 Å². The maximum absolute atomic E-state index is 13.1. The maximum Gasteiger partial charge on any atom is 0.235 e. The molecule has 1 aliphatic heterocycles. The maximum atomic E-state index is 13.1. The Morgan fingerprint density at radius 3 is 2.12 bits per heavy atom. The van der Waals surface area contributed by atoms with E-state index in [9.17, 15) is 14.4 Å². The van der Waals surface area contributed by atoms with Gasteiger partial charge in [-0.15, -0.1) is 0 Å². The molecule has 1 saturated heterocycles. The predicted molar refractivity (Wildman–Crippen MR) is 96.0 cm³/mol. The molecule has 3 fully saturated rings. The van der Waals surface area contributed by atoms with Gasteiger partial charge in [0.1, 0.15) is 6.67 Å². The van der Waals surface area contributed by atoms with Gasteiger partial charge in [-0.3, -0.25) is 24.2 Å². The van der Waals surface area contributed by atoms with Gasteiger partial charge in [0.25, 0.3) is 0 Å². The minimum Gasteiger partial charge on any atom is -0.294 e. The Kier molecular flexibility index (Phi) is 3.35. The zero-order chi connectivity index (χ0) is 18.2. The van der Waals surface area contributed by atoms with Crippen molar-refractivity contribution in [3.05, 3.63) is 41.4 Å². The first-order chi connectivity index (χ1) is 12.5. The van der Waals surface area contributed by atoms with Gasteiger partial charge in [0.05, 0.1) is 11.8 Å². The second-order valence-corrected chi connectivity index (χ2v) is 8.26. The second-order valence-electron chi connectivity index (χ2n) is 7.82. The molecule has 5 aliphatic rings. The molecule has 0 spiro atoms. The first-order valence-electron chi connectivity index (χ1n) is 9.04. The summed E-state index contributed by atoms with van der Waals surface area (Å²) >= 11 is 5.92. The summed E-state index contributed by atoms with van der Waals surface area (Å²) in [4.78, 5) is 41.0. The molecule has 26 heavy (non-hydrogen) atoms. The number of carbonyl (C=O) groups excluding carboxylic acids is 3. The van der Waals surface area contributed by atoms with Crippen molar-refractivity contribution in [3.63, 3.8) is 0 Å². The third-order valence-corrected chi connectivity index (χ3v) is 6.81. The van der Waals surface area contributed by atoms with E-state index in [1.807, 2.05) is 0 Å². The highest BCUT2D eigenvalue weighted by Crippen LogP contribution is 2.65. The monoisotopic (exact) mass is 370 g/mol. The van der Waals surface area contributed by atoms with Crippen molar-refractivity contribution in [2.45, 2.75) is 13.3 Å². The van der Waals surface area contributed by atoms with Crippen LogP contribution in [0.4, 0.5) is 5.69 Å². The molecule has 134 valence electrons. The normalized spacial score (nSPS) is 36.2. The molecule has 1 aromatic rings. The number of carbonyl (C=O) groups is 3. The molecular formula is C20H19ClN2O3. The van der Waals surface area contributed by atoms with E-state index < -0.39 is 0 Å². The third kappa shape index (κ3) is 2.13. The number of benzene rings is 1. The van der Waals surface area contributed by atoms with Crippen molar-refractivity contribution < 1.29 is 14.4 Å². The molecule has 2 saturated carbocycles. The Labute approximate surface area is 156 Å². The lowest BCUT2D eigenvalue weighted by Gasteiger charge is -2.37. The molecule has 2 bridgehead atoms. The molecule has 5 nitrogen and oxygen atoms in total. The number of anilines is 1. The number of hydrogen-bond donors (Lipinski definition) is 0. The van der Waals surface area contributed by atoms with Gasteiger partial charge in [-0.1, -0.05) is 23.8 Å². The minimum atomic E-state index is -0.236. The van der Waals surface area contributed by atoms with E-state index in [4.69, 9.17) is 11.6 Å². The van der Waals surface area contributed by atoms with Crippen LogP contribution in [0.2, 0.25) is 5.02 Å². The summed E-state index contributed by atoms with van der Waals surface area (Å²) in [5, 5.41) is 0.568. The highest BCUT2D eigenvalue weighted by atomic mass is 35.5. The number of hydrogen-bond acceptors (Lipinski definition) is 3. The molecule has 0 radical (unpaired) electrons. The van der Waals surface area contributed by atoms with E-state index in [1.54, 1.807) is 24.3 Å². The predicted octanol–water partition coefficient (Wildman–Crippen LogP) is 2.70. The van der Waals surface area contributed by atoms with Crippen LogP contribution >= 0.6 is 11.6 Å². The van der Waals surface area contributed by atoms with Gasteiger partial charge >= 0.3 is 0 Å². The fraction of sp³-hybridized carbons (Fsp3) is 0.450. The van der Waals surface area contributed by atoms with Gasteiger partial charge in [-0.25, -0.2) is 0 Å². The number of allylic oxidation sites excluding steroid dienone is 2. The highest BCUT2D eigenvalue weighted by molar-refractivity contribution is 6.30. The quantitative estimate of drug-likeness (QED) is 0.607. The van der Waals surface area contributed by atoms with Gasteiger partial charge < -0.3 is 0 Å². The number of nitrogens with zero attached hydrogens (tertiary/aromatic N) is 2. The van der Waals surface area contributed by atoms with Crippen LogP contribution in [-0.4, -0.2) is 29.3 Å². The van der Waals surface area contributed by atoms with Crippen LogP contribution in [0.5, 0.6) is 0 Å². The van der Waals surface area contributed by atoms with Gasteiger partial charge in [0, 0.05) is 17.6 Å². The van der Waals surface area contributed by atoms with Crippen LogP contribution in [-0.2, 0) is 14.4 Å². The number of amides is 3. The molecule has 6 rings (SSSR count). The van der Waals surface area contributed by atoms with Crippen molar-refractivity contribution in [2.24, 2.45) is 35.5 Å². The van der Waals surface area contributed by atoms with Crippen LogP contribution in [0.25, 0.3) is 0 Å².